The fourth-order valence-corrected chi connectivity index (χ4v) is 2.31. The Hall–Kier alpha value is -2.70. The summed E-state index contributed by atoms with van der Waals surface area (Å²) in [4.78, 5) is 12.1. The highest BCUT2D eigenvalue weighted by atomic mass is 19.4. The van der Waals surface area contributed by atoms with Gasteiger partial charge in [-0.25, -0.2) is 0 Å². The van der Waals surface area contributed by atoms with Gasteiger partial charge in [0, 0.05) is 6.54 Å². The lowest BCUT2D eigenvalue weighted by atomic mass is 10.1. The van der Waals surface area contributed by atoms with E-state index in [9.17, 15) is 18.0 Å². The minimum Gasteiger partial charge on any atom is -0.485 e. The van der Waals surface area contributed by atoms with Gasteiger partial charge in [0.2, 0.25) is 6.10 Å². The van der Waals surface area contributed by atoms with Crippen molar-refractivity contribution in [1.82, 2.24) is 5.32 Å². The molecule has 7 heteroatoms. The Kier molecular flexibility index (Phi) is 4.33. The van der Waals surface area contributed by atoms with Gasteiger partial charge in [0.05, 0.1) is 5.56 Å². The summed E-state index contributed by atoms with van der Waals surface area (Å²) >= 11 is 0. The molecule has 1 amide bonds. The number of carbonyl (C=O) groups excluding carboxylic acids is 1. The third kappa shape index (κ3) is 3.61. The maximum absolute atomic E-state index is 12.7. The van der Waals surface area contributed by atoms with Crippen LogP contribution in [0.25, 0.3) is 0 Å². The van der Waals surface area contributed by atoms with Crippen molar-refractivity contribution in [2.75, 3.05) is 6.61 Å². The standard InChI is InChI=1S/C17H14F3NO3/c18-17(19,20)12-5-3-4-11(8-12)9-21-16(22)15-10-23-13-6-1-2-7-14(13)24-15/h1-8,15H,9-10H2,(H,21,22)/t15-/m0/s1. The highest BCUT2D eigenvalue weighted by molar-refractivity contribution is 5.81. The second kappa shape index (κ2) is 6.43. The Labute approximate surface area is 136 Å². The van der Waals surface area contributed by atoms with Gasteiger partial charge in [-0.15, -0.1) is 0 Å². The van der Waals surface area contributed by atoms with Crippen molar-refractivity contribution in [1.29, 1.82) is 0 Å². The van der Waals surface area contributed by atoms with Gasteiger partial charge in [0.15, 0.2) is 11.5 Å². The number of amides is 1. The van der Waals surface area contributed by atoms with Crippen molar-refractivity contribution in [3.63, 3.8) is 0 Å². The van der Waals surface area contributed by atoms with E-state index in [1.54, 1.807) is 24.3 Å². The molecule has 0 aromatic heterocycles. The molecule has 1 atom stereocenters. The van der Waals surface area contributed by atoms with Crippen LogP contribution < -0.4 is 14.8 Å². The quantitative estimate of drug-likeness (QED) is 0.936. The van der Waals surface area contributed by atoms with Gasteiger partial charge >= 0.3 is 6.18 Å². The lowest BCUT2D eigenvalue weighted by molar-refractivity contribution is -0.137. The minimum absolute atomic E-state index is 0.0236. The van der Waals surface area contributed by atoms with Crippen molar-refractivity contribution in [3.05, 3.63) is 59.7 Å². The van der Waals surface area contributed by atoms with Crippen LogP contribution >= 0.6 is 0 Å². The number of benzene rings is 2. The minimum atomic E-state index is -4.41. The first kappa shape index (κ1) is 16.2. The molecule has 126 valence electrons. The van der Waals surface area contributed by atoms with E-state index in [0.717, 1.165) is 12.1 Å². The van der Waals surface area contributed by atoms with E-state index < -0.39 is 23.8 Å². The number of hydrogen-bond donors (Lipinski definition) is 1. The van der Waals surface area contributed by atoms with Crippen LogP contribution in [0.15, 0.2) is 48.5 Å². The molecule has 3 rings (SSSR count). The van der Waals surface area contributed by atoms with Crippen molar-refractivity contribution in [2.45, 2.75) is 18.8 Å². The fraction of sp³-hybridized carbons (Fsp3) is 0.235. The third-order valence-electron chi connectivity index (χ3n) is 3.52. The lowest BCUT2D eigenvalue weighted by Crippen LogP contribution is -2.43. The average molecular weight is 337 g/mol. The summed E-state index contributed by atoms with van der Waals surface area (Å²) < 4.78 is 49.0. The number of para-hydroxylation sites is 2. The van der Waals surface area contributed by atoms with Crippen LogP contribution in [0.3, 0.4) is 0 Å². The van der Waals surface area contributed by atoms with Crippen molar-refractivity contribution in [2.24, 2.45) is 0 Å². The molecule has 0 aliphatic carbocycles. The Balaban J connectivity index is 1.61. The maximum atomic E-state index is 12.7. The molecule has 4 nitrogen and oxygen atoms in total. The smallest absolute Gasteiger partial charge is 0.416 e. The van der Waals surface area contributed by atoms with Crippen molar-refractivity contribution < 1.29 is 27.4 Å². The van der Waals surface area contributed by atoms with Gasteiger partial charge in [-0.05, 0) is 29.8 Å². The predicted octanol–water partition coefficient (Wildman–Crippen LogP) is 3.16. The van der Waals surface area contributed by atoms with Gasteiger partial charge in [-0.3, -0.25) is 4.79 Å². The van der Waals surface area contributed by atoms with Gasteiger partial charge in [0.25, 0.3) is 5.91 Å². The summed E-state index contributed by atoms with van der Waals surface area (Å²) in [6, 6.07) is 11.8. The number of fused-ring (bicyclic) bond motifs is 1. The van der Waals surface area contributed by atoms with E-state index in [1.807, 2.05) is 0 Å². The van der Waals surface area contributed by atoms with Crippen molar-refractivity contribution >= 4 is 5.91 Å². The van der Waals surface area contributed by atoms with E-state index in [0.29, 0.717) is 17.1 Å². The molecule has 0 spiro atoms. The van der Waals surface area contributed by atoms with Crippen LogP contribution in [-0.2, 0) is 17.5 Å². The summed E-state index contributed by atoms with van der Waals surface area (Å²) in [6.45, 7) is 0.0235. The zero-order valence-corrected chi connectivity index (χ0v) is 12.5. The molecule has 0 fully saturated rings. The van der Waals surface area contributed by atoms with Crippen LogP contribution in [0.2, 0.25) is 0 Å². The number of nitrogens with one attached hydrogen (secondary N) is 1. The average Bonchev–Trinajstić information content (AvgIpc) is 2.59. The summed E-state index contributed by atoms with van der Waals surface area (Å²) in [5.74, 6) is 0.573. The number of carbonyl (C=O) groups is 1. The first-order valence-electron chi connectivity index (χ1n) is 7.26. The highest BCUT2D eigenvalue weighted by Gasteiger charge is 2.30. The summed E-state index contributed by atoms with van der Waals surface area (Å²) in [5.41, 5.74) is -0.393. The van der Waals surface area contributed by atoms with E-state index in [-0.39, 0.29) is 13.2 Å². The second-order valence-corrected chi connectivity index (χ2v) is 5.28. The van der Waals surface area contributed by atoms with E-state index >= 15 is 0 Å². The summed E-state index contributed by atoms with van der Waals surface area (Å²) in [7, 11) is 0. The SMILES string of the molecule is O=C(NCc1cccc(C(F)(F)F)c1)[C@@H]1COc2ccccc2O1. The molecule has 1 heterocycles. The third-order valence-corrected chi connectivity index (χ3v) is 3.52. The van der Waals surface area contributed by atoms with Gasteiger partial charge in [0.1, 0.15) is 6.61 Å². The number of halogens is 3. The van der Waals surface area contributed by atoms with E-state index in [1.165, 1.54) is 12.1 Å². The Bertz CT molecular complexity index is 746. The van der Waals surface area contributed by atoms with Gasteiger partial charge in [-0.1, -0.05) is 24.3 Å². The fourth-order valence-electron chi connectivity index (χ4n) is 2.31. The monoisotopic (exact) mass is 337 g/mol. The van der Waals surface area contributed by atoms with Crippen LogP contribution in [-0.4, -0.2) is 18.6 Å². The first-order chi connectivity index (χ1) is 11.4. The molecular weight excluding hydrogens is 323 g/mol. The Morgan fingerprint density at radius 1 is 1.12 bits per heavy atom. The molecule has 24 heavy (non-hydrogen) atoms. The Morgan fingerprint density at radius 3 is 2.62 bits per heavy atom. The summed E-state index contributed by atoms with van der Waals surface area (Å²) in [6.07, 6.45) is -5.25. The molecule has 1 N–H and O–H groups in total. The number of rotatable bonds is 3. The molecular formula is C17H14F3NO3. The van der Waals surface area contributed by atoms with Crippen LogP contribution in [0.5, 0.6) is 11.5 Å². The molecule has 2 aromatic carbocycles. The van der Waals surface area contributed by atoms with Crippen LogP contribution in [0.4, 0.5) is 13.2 Å². The number of ether oxygens (including phenoxy) is 2. The van der Waals surface area contributed by atoms with E-state index in [4.69, 9.17) is 9.47 Å². The van der Waals surface area contributed by atoms with E-state index in [2.05, 4.69) is 5.32 Å². The number of hydrogen-bond acceptors (Lipinski definition) is 3. The molecule has 0 unspecified atom stereocenters. The topological polar surface area (TPSA) is 47.6 Å². The molecule has 1 aliphatic rings. The highest BCUT2D eigenvalue weighted by Crippen LogP contribution is 2.31. The lowest BCUT2D eigenvalue weighted by Gasteiger charge is -2.25. The number of alkyl halides is 3. The van der Waals surface area contributed by atoms with Crippen LogP contribution in [0, 0.1) is 0 Å². The van der Waals surface area contributed by atoms with Gasteiger partial charge in [-0.2, -0.15) is 13.2 Å². The zero-order chi connectivity index (χ0) is 17.2. The molecule has 0 bridgehead atoms. The zero-order valence-electron chi connectivity index (χ0n) is 12.5. The second-order valence-electron chi connectivity index (χ2n) is 5.28. The molecule has 0 saturated heterocycles. The molecule has 2 aromatic rings. The largest absolute Gasteiger partial charge is 0.485 e. The predicted molar refractivity (Wildman–Crippen MR) is 79.6 cm³/mol. The first-order valence-corrected chi connectivity index (χ1v) is 7.26. The molecule has 0 radical (unpaired) electrons. The van der Waals surface area contributed by atoms with Crippen LogP contribution in [0.1, 0.15) is 11.1 Å². The molecule has 1 aliphatic heterocycles. The normalized spacial score (nSPS) is 16.5. The maximum Gasteiger partial charge on any atom is 0.416 e. The Morgan fingerprint density at radius 2 is 1.88 bits per heavy atom. The summed E-state index contributed by atoms with van der Waals surface area (Å²) in [5, 5.41) is 2.57. The molecule has 0 saturated carbocycles. The van der Waals surface area contributed by atoms with Crippen molar-refractivity contribution in [3.8, 4) is 11.5 Å². The van der Waals surface area contributed by atoms with Gasteiger partial charge < -0.3 is 14.8 Å².